The number of rotatable bonds is 7. The molecule has 0 aliphatic heterocycles. The van der Waals surface area contributed by atoms with Gasteiger partial charge >= 0.3 is 0 Å². The van der Waals surface area contributed by atoms with Crippen molar-refractivity contribution in [3.63, 3.8) is 0 Å². The van der Waals surface area contributed by atoms with Crippen LogP contribution in [0.15, 0.2) is 60.7 Å². The second-order valence-corrected chi connectivity index (χ2v) is 13.7. The van der Waals surface area contributed by atoms with Crippen molar-refractivity contribution in [3.8, 4) is 0 Å². The van der Waals surface area contributed by atoms with Crippen LogP contribution in [0.3, 0.4) is 0 Å². The first-order chi connectivity index (χ1) is 18.5. The van der Waals surface area contributed by atoms with E-state index in [0.717, 1.165) is 0 Å². The third kappa shape index (κ3) is 6.28. The summed E-state index contributed by atoms with van der Waals surface area (Å²) in [4.78, 5) is 0. The largest absolute Gasteiger partial charge is 0.0648 e. The molecule has 0 saturated heterocycles. The smallest absolute Gasteiger partial charge is 0.00919 e. The number of hydrogen-bond acceptors (Lipinski definition) is 0. The molecule has 0 fully saturated rings. The SMILES string of the molecule is CCC(C)c1ccc(/C=C/c2cc(C)c(P(c3c(C)cc(C)cc3C)c3c(C)cc(C)cc3C)c(C)c2)cc1. The lowest BCUT2D eigenvalue weighted by Crippen LogP contribution is -2.30. The van der Waals surface area contributed by atoms with Crippen molar-refractivity contribution in [3.05, 3.63) is 122 Å². The molecule has 1 heteroatoms. The molecule has 39 heavy (non-hydrogen) atoms. The minimum atomic E-state index is -0.697. The molecule has 0 aliphatic carbocycles. The first-order valence-electron chi connectivity index (χ1n) is 14.3. The lowest BCUT2D eigenvalue weighted by molar-refractivity contribution is 0.733. The first-order valence-corrected chi connectivity index (χ1v) is 15.7. The van der Waals surface area contributed by atoms with E-state index in [0.29, 0.717) is 5.92 Å². The lowest BCUT2D eigenvalue weighted by atomic mass is 9.97. The summed E-state index contributed by atoms with van der Waals surface area (Å²) >= 11 is 0. The molecule has 4 aromatic carbocycles. The Labute approximate surface area is 239 Å². The number of hydrogen-bond donors (Lipinski definition) is 0. The molecule has 0 nitrogen and oxygen atoms in total. The van der Waals surface area contributed by atoms with Gasteiger partial charge in [-0.25, -0.2) is 0 Å². The van der Waals surface area contributed by atoms with E-state index in [1.54, 1.807) is 0 Å². The Morgan fingerprint density at radius 3 is 1.28 bits per heavy atom. The van der Waals surface area contributed by atoms with E-state index in [2.05, 4.69) is 142 Å². The van der Waals surface area contributed by atoms with E-state index in [-0.39, 0.29) is 0 Å². The van der Waals surface area contributed by atoms with Crippen molar-refractivity contribution < 1.29 is 0 Å². The molecule has 0 heterocycles. The maximum absolute atomic E-state index is 2.39. The van der Waals surface area contributed by atoms with E-state index in [1.165, 1.54) is 83.5 Å². The second-order valence-electron chi connectivity index (χ2n) is 11.6. The summed E-state index contributed by atoms with van der Waals surface area (Å²) in [5.41, 5.74) is 15.0. The van der Waals surface area contributed by atoms with Crippen LogP contribution < -0.4 is 15.9 Å². The van der Waals surface area contributed by atoms with Crippen LogP contribution in [0.2, 0.25) is 0 Å². The molecule has 0 amide bonds. The van der Waals surface area contributed by atoms with Crippen molar-refractivity contribution in [2.45, 2.75) is 81.6 Å². The quantitative estimate of drug-likeness (QED) is 0.164. The monoisotopic (exact) mass is 532 g/mol. The van der Waals surface area contributed by atoms with Crippen LogP contribution in [-0.2, 0) is 0 Å². The summed E-state index contributed by atoms with van der Waals surface area (Å²) in [5, 5.41) is 4.54. The molecule has 4 aromatic rings. The zero-order valence-electron chi connectivity index (χ0n) is 25.7. The van der Waals surface area contributed by atoms with Gasteiger partial charge in [0.2, 0.25) is 0 Å². The van der Waals surface area contributed by atoms with Gasteiger partial charge in [-0.3, -0.25) is 0 Å². The molecule has 0 radical (unpaired) electrons. The molecule has 0 aliphatic rings. The Morgan fingerprint density at radius 1 is 0.538 bits per heavy atom. The summed E-state index contributed by atoms with van der Waals surface area (Å²) in [6, 6.07) is 23.3. The molecule has 1 atom stereocenters. The predicted octanol–water partition coefficient (Wildman–Crippen LogP) is 9.60. The first kappa shape index (κ1) is 29.0. The van der Waals surface area contributed by atoms with Crippen LogP contribution in [0.5, 0.6) is 0 Å². The standard InChI is InChI=1S/C38H45P/c1-11-26(4)35-16-14-33(15-17-35)12-13-34-22-31(9)38(32(10)23-34)39(36-27(5)18-24(2)19-28(36)6)37-29(7)20-25(3)21-30(37)8/h12-23,26H,11H2,1-10H3/b13-12+. The molecule has 0 N–H and O–H groups in total. The third-order valence-corrected chi connectivity index (χ3v) is 11.5. The fourth-order valence-electron chi connectivity index (χ4n) is 6.19. The van der Waals surface area contributed by atoms with E-state index in [4.69, 9.17) is 0 Å². The predicted molar refractivity (Wildman–Crippen MR) is 177 cm³/mol. The molecular weight excluding hydrogens is 487 g/mol. The number of aryl methyl sites for hydroxylation is 8. The highest BCUT2D eigenvalue weighted by Crippen LogP contribution is 2.41. The van der Waals surface area contributed by atoms with E-state index >= 15 is 0 Å². The molecular formula is C38H45P. The highest BCUT2D eigenvalue weighted by atomic mass is 31.1. The molecule has 0 aromatic heterocycles. The van der Waals surface area contributed by atoms with Crippen LogP contribution in [-0.4, -0.2) is 0 Å². The average molecular weight is 533 g/mol. The van der Waals surface area contributed by atoms with Crippen LogP contribution in [0.25, 0.3) is 12.2 Å². The van der Waals surface area contributed by atoms with Crippen LogP contribution >= 0.6 is 7.92 Å². The van der Waals surface area contributed by atoms with Gasteiger partial charge in [-0.05, 0) is 142 Å². The Kier molecular flexibility index (Phi) is 8.98. The third-order valence-electron chi connectivity index (χ3n) is 8.04. The van der Waals surface area contributed by atoms with E-state index < -0.39 is 7.92 Å². The van der Waals surface area contributed by atoms with E-state index in [9.17, 15) is 0 Å². The Hall–Kier alpha value is -2.95. The van der Waals surface area contributed by atoms with Gasteiger partial charge in [0.25, 0.3) is 0 Å². The second kappa shape index (κ2) is 12.1. The summed E-state index contributed by atoms with van der Waals surface area (Å²) in [7, 11) is -0.697. The normalized spacial score (nSPS) is 12.5. The Morgan fingerprint density at radius 2 is 0.897 bits per heavy atom. The average Bonchev–Trinajstić information content (AvgIpc) is 2.85. The fraction of sp³-hybridized carbons (Fsp3) is 0.316. The summed E-state index contributed by atoms with van der Waals surface area (Å²) in [6.45, 7) is 22.8. The van der Waals surface area contributed by atoms with Crippen molar-refractivity contribution in [1.29, 1.82) is 0 Å². The fourth-order valence-corrected chi connectivity index (χ4v) is 9.36. The van der Waals surface area contributed by atoms with Gasteiger partial charge < -0.3 is 0 Å². The van der Waals surface area contributed by atoms with E-state index in [1.807, 2.05) is 0 Å². The lowest BCUT2D eigenvalue weighted by Gasteiger charge is -2.30. The molecule has 4 rings (SSSR count). The van der Waals surface area contributed by atoms with Crippen molar-refractivity contribution in [1.82, 2.24) is 0 Å². The molecule has 202 valence electrons. The van der Waals surface area contributed by atoms with Gasteiger partial charge in [0.15, 0.2) is 0 Å². The highest BCUT2D eigenvalue weighted by Gasteiger charge is 2.27. The highest BCUT2D eigenvalue weighted by molar-refractivity contribution is 7.80. The van der Waals surface area contributed by atoms with Gasteiger partial charge in [0.05, 0.1) is 0 Å². The Balaban J connectivity index is 1.83. The minimum Gasteiger partial charge on any atom is -0.0648 e. The topological polar surface area (TPSA) is 0 Å². The van der Waals surface area contributed by atoms with Gasteiger partial charge in [-0.2, -0.15) is 0 Å². The van der Waals surface area contributed by atoms with Gasteiger partial charge in [0.1, 0.15) is 0 Å². The zero-order chi connectivity index (χ0) is 28.4. The zero-order valence-corrected chi connectivity index (χ0v) is 26.6. The molecule has 0 spiro atoms. The summed E-state index contributed by atoms with van der Waals surface area (Å²) < 4.78 is 0. The Bertz CT molecular complexity index is 1390. The van der Waals surface area contributed by atoms with Gasteiger partial charge in [0, 0.05) is 0 Å². The van der Waals surface area contributed by atoms with Crippen LogP contribution in [0.4, 0.5) is 0 Å². The summed E-state index contributed by atoms with van der Waals surface area (Å²) in [5.74, 6) is 0.609. The van der Waals surface area contributed by atoms with Crippen molar-refractivity contribution in [2.24, 2.45) is 0 Å². The maximum atomic E-state index is 2.39. The van der Waals surface area contributed by atoms with Gasteiger partial charge in [-0.15, -0.1) is 0 Å². The molecule has 0 saturated carbocycles. The van der Waals surface area contributed by atoms with Crippen molar-refractivity contribution >= 4 is 36.0 Å². The summed E-state index contributed by atoms with van der Waals surface area (Å²) in [6.07, 6.45) is 5.70. The van der Waals surface area contributed by atoms with Crippen molar-refractivity contribution in [2.75, 3.05) is 0 Å². The maximum Gasteiger partial charge on any atom is -0.00919 e. The van der Waals surface area contributed by atoms with Crippen LogP contribution in [0.1, 0.15) is 87.4 Å². The van der Waals surface area contributed by atoms with Crippen LogP contribution in [0, 0.1) is 55.4 Å². The van der Waals surface area contributed by atoms with Gasteiger partial charge in [-0.1, -0.05) is 97.8 Å². The molecule has 1 unspecified atom stereocenters. The number of benzene rings is 4. The molecule has 0 bridgehead atoms. The minimum absolute atomic E-state index is 0.609.